The minimum absolute atomic E-state index is 0.416. The Hall–Kier alpha value is -3.37. The summed E-state index contributed by atoms with van der Waals surface area (Å²) in [6.07, 6.45) is 12.0. The van der Waals surface area contributed by atoms with Gasteiger partial charge in [-0.1, -0.05) is 42.9 Å². The van der Waals surface area contributed by atoms with Crippen molar-refractivity contribution in [3.8, 4) is 23.0 Å². The maximum Gasteiger partial charge on any atom is 0.286 e. The molecule has 0 spiro atoms. The first-order chi connectivity index (χ1) is 18.3. The number of hydrogen-bond donors (Lipinski definition) is 1. The van der Waals surface area contributed by atoms with Gasteiger partial charge in [0.25, 0.3) is 10.0 Å². The molecule has 0 amide bonds. The van der Waals surface area contributed by atoms with E-state index in [0.29, 0.717) is 23.8 Å². The molecule has 3 aromatic rings. The number of sulfonamides is 1. The summed E-state index contributed by atoms with van der Waals surface area (Å²) in [7, 11) is -0.801. The van der Waals surface area contributed by atoms with Crippen molar-refractivity contribution < 1.29 is 12.8 Å². The van der Waals surface area contributed by atoms with Crippen LogP contribution in [0.3, 0.4) is 0 Å². The third-order valence-electron chi connectivity index (χ3n) is 7.29. The van der Waals surface area contributed by atoms with Crippen molar-refractivity contribution in [2.45, 2.75) is 56.3 Å². The van der Waals surface area contributed by atoms with Gasteiger partial charge < -0.3 is 9.88 Å². The highest BCUT2D eigenvalue weighted by molar-refractivity contribution is 7.90. The van der Waals surface area contributed by atoms with Crippen LogP contribution in [-0.4, -0.2) is 38.7 Å². The molecule has 2 aliphatic rings. The fraction of sp³-hybridized carbons (Fsp3) is 0.387. The predicted molar refractivity (Wildman–Crippen MR) is 150 cm³/mol. The summed E-state index contributed by atoms with van der Waals surface area (Å²) in [5.41, 5.74) is 6.17. The van der Waals surface area contributed by atoms with Crippen molar-refractivity contribution in [2.75, 3.05) is 14.1 Å². The Labute approximate surface area is 225 Å². The SMILES string of the molecule is CN(C)C=NS(=O)(=O)c1ccc(Cc2c(-c3cccc(C#CC4CCCC4)c3)c[nH]c2CC2CC2)cc1F. The van der Waals surface area contributed by atoms with E-state index in [9.17, 15) is 8.42 Å². The van der Waals surface area contributed by atoms with E-state index in [1.165, 1.54) is 55.6 Å². The van der Waals surface area contributed by atoms with Crippen LogP contribution in [0.4, 0.5) is 4.39 Å². The largest absolute Gasteiger partial charge is 0.368 e. The second-order valence-corrected chi connectivity index (χ2v) is 12.3. The number of nitrogens with zero attached hydrogens (tertiary/aromatic N) is 2. The second kappa shape index (κ2) is 11.2. The number of H-pyrrole nitrogens is 1. The smallest absolute Gasteiger partial charge is 0.286 e. The minimum Gasteiger partial charge on any atom is -0.368 e. The molecule has 0 unspecified atom stereocenters. The van der Waals surface area contributed by atoms with Crippen LogP contribution in [0, 0.1) is 29.5 Å². The van der Waals surface area contributed by atoms with Gasteiger partial charge in [-0.2, -0.15) is 8.42 Å². The molecule has 198 valence electrons. The Kier molecular flexibility index (Phi) is 7.71. The number of hydrogen-bond acceptors (Lipinski definition) is 2. The average molecular weight is 532 g/mol. The third kappa shape index (κ3) is 6.36. The molecular formula is C31H34FN3O2S. The molecule has 0 bridgehead atoms. The van der Waals surface area contributed by atoms with E-state index in [1.54, 1.807) is 20.2 Å². The summed E-state index contributed by atoms with van der Waals surface area (Å²) >= 11 is 0. The van der Waals surface area contributed by atoms with Crippen LogP contribution >= 0.6 is 0 Å². The van der Waals surface area contributed by atoms with Crippen LogP contribution in [0.15, 0.2) is 58.0 Å². The van der Waals surface area contributed by atoms with E-state index in [4.69, 9.17) is 0 Å². The van der Waals surface area contributed by atoms with Crippen molar-refractivity contribution in [1.82, 2.24) is 9.88 Å². The van der Waals surface area contributed by atoms with Crippen molar-refractivity contribution in [3.05, 3.63) is 76.9 Å². The van der Waals surface area contributed by atoms with Crippen LogP contribution in [0.2, 0.25) is 0 Å². The lowest BCUT2D eigenvalue weighted by molar-refractivity contribution is 0.566. The quantitative estimate of drug-likeness (QED) is 0.214. The lowest BCUT2D eigenvalue weighted by Crippen LogP contribution is -2.11. The number of aromatic nitrogens is 1. The summed E-state index contributed by atoms with van der Waals surface area (Å²) in [6.45, 7) is 0. The van der Waals surface area contributed by atoms with E-state index < -0.39 is 20.7 Å². The van der Waals surface area contributed by atoms with Gasteiger partial charge in [0, 0.05) is 43.0 Å². The zero-order valence-electron chi connectivity index (χ0n) is 22.0. The third-order valence-corrected chi connectivity index (χ3v) is 8.55. The Bertz CT molecular complexity index is 1500. The Balaban J connectivity index is 1.45. The first-order valence-corrected chi connectivity index (χ1v) is 14.8. The zero-order valence-corrected chi connectivity index (χ0v) is 22.8. The van der Waals surface area contributed by atoms with E-state index in [-0.39, 0.29) is 0 Å². The maximum atomic E-state index is 15.0. The molecule has 5 rings (SSSR count). The Morgan fingerprint density at radius 3 is 2.61 bits per heavy atom. The van der Waals surface area contributed by atoms with Crippen LogP contribution in [-0.2, 0) is 22.9 Å². The number of halogens is 1. The molecule has 0 saturated heterocycles. The van der Waals surface area contributed by atoms with Gasteiger partial charge in [-0.3, -0.25) is 0 Å². The summed E-state index contributed by atoms with van der Waals surface area (Å²) < 4.78 is 43.6. The molecule has 0 radical (unpaired) electrons. The Morgan fingerprint density at radius 2 is 1.89 bits per heavy atom. The van der Waals surface area contributed by atoms with E-state index in [2.05, 4.69) is 39.4 Å². The monoisotopic (exact) mass is 531 g/mol. The van der Waals surface area contributed by atoms with Gasteiger partial charge in [-0.15, -0.1) is 4.40 Å². The van der Waals surface area contributed by atoms with Crippen molar-refractivity contribution in [2.24, 2.45) is 16.2 Å². The highest BCUT2D eigenvalue weighted by Gasteiger charge is 2.25. The van der Waals surface area contributed by atoms with E-state index in [0.717, 1.165) is 40.7 Å². The van der Waals surface area contributed by atoms with Crippen molar-refractivity contribution >= 4 is 16.4 Å². The molecule has 2 saturated carbocycles. The number of nitrogens with one attached hydrogen (secondary N) is 1. The van der Waals surface area contributed by atoms with Crippen LogP contribution in [0.1, 0.15) is 60.9 Å². The first-order valence-electron chi connectivity index (χ1n) is 13.3. The van der Waals surface area contributed by atoms with Crippen molar-refractivity contribution in [1.29, 1.82) is 0 Å². The number of aromatic amines is 1. The van der Waals surface area contributed by atoms with Gasteiger partial charge in [0.15, 0.2) is 0 Å². The number of benzene rings is 2. The molecule has 5 nitrogen and oxygen atoms in total. The van der Waals surface area contributed by atoms with Crippen LogP contribution in [0.5, 0.6) is 0 Å². The molecule has 1 heterocycles. The van der Waals surface area contributed by atoms with E-state index in [1.807, 2.05) is 12.3 Å². The predicted octanol–water partition coefficient (Wildman–Crippen LogP) is 6.18. The standard InChI is InChI=1S/C31H34FN3O2S/c1-35(2)21-34-38(36,37)31-15-14-25(18-29(31)32)17-27-28(20-33-30(27)19-24-12-13-24)26-9-5-8-23(16-26)11-10-22-6-3-4-7-22/h5,8-9,14-16,18,20-22,24,33H,3-4,6-7,12-13,17,19H2,1-2H3. The summed E-state index contributed by atoms with van der Waals surface area (Å²) in [4.78, 5) is 4.57. The normalized spacial score (nSPS) is 16.1. The highest BCUT2D eigenvalue weighted by Crippen LogP contribution is 2.37. The van der Waals surface area contributed by atoms with Gasteiger partial charge in [0.05, 0.1) is 0 Å². The van der Waals surface area contributed by atoms with E-state index >= 15 is 4.39 Å². The van der Waals surface area contributed by atoms with Gasteiger partial charge in [0.2, 0.25) is 0 Å². The molecule has 2 fully saturated rings. The topological polar surface area (TPSA) is 65.5 Å². The Morgan fingerprint density at radius 1 is 1.11 bits per heavy atom. The fourth-order valence-electron chi connectivity index (χ4n) is 5.05. The fourth-order valence-corrected chi connectivity index (χ4v) is 6.02. The van der Waals surface area contributed by atoms with Crippen LogP contribution < -0.4 is 0 Å². The van der Waals surface area contributed by atoms with Gasteiger partial charge in [-0.25, -0.2) is 4.39 Å². The maximum absolute atomic E-state index is 15.0. The second-order valence-electron chi connectivity index (χ2n) is 10.7. The molecule has 2 aliphatic carbocycles. The summed E-state index contributed by atoms with van der Waals surface area (Å²) in [5, 5.41) is 0. The molecule has 1 N–H and O–H groups in total. The first kappa shape index (κ1) is 26.2. The van der Waals surface area contributed by atoms with Crippen molar-refractivity contribution in [3.63, 3.8) is 0 Å². The molecule has 1 aromatic heterocycles. The highest BCUT2D eigenvalue weighted by atomic mass is 32.2. The molecule has 0 atom stereocenters. The molecule has 38 heavy (non-hydrogen) atoms. The lowest BCUT2D eigenvalue weighted by atomic mass is 9.94. The van der Waals surface area contributed by atoms with Gasteiger partial charge in [-0.05, 0) is 85.4 Å². The lowest BCUT2D eigenvalue weighted by Gasteiger charge is -2.10. The molecule has 7 heteroatoms. The number of rotatable bonds is 8. The molecular weight excluding hydrogens is 497 g/mol. The molecule has 2 aromatic carbocycles. The van der Waals surface area contributed by atoms with Crippen LogP contribution in [0.25, 0.3) is 11.1 Å². The zero-order chi connectivity index (χ0) is 26.7. The average Bonchev–Trinajstić information content (AvgIpc) is 3.38. The van der Waals surface area contributed by atoms with Gasteiger partial charge in [0.1, 0.15) is 17.1 Å². The minimum atomic E-state index is -4.11. The van der Waals surface area contributed by atoms with Gasteiger partial charge >= 0.3 is 0 Å². The summed E-state index contributed by atoms with van der Waals surface area (Å²) in [6, 6.07) is 12.6. The summed E-state index contributed by atoms with van der Waals surface area (Å²) in [5.74, 6) is 7.22. The molecule has 0 aliphatic heterocycles.